The van der Waals surface area contributed by atoms with Crippen molar-refractivity contribution in [1.29, 1.82) is 0 Å². The van der Waals surface area contributed by atoms with Crippen LogP contribution < -0.4 is 10.9 Å². The molecule has 160 valence electrons. The lowest BCUT2D eigenvalue weighted by molar-refractivity contribution is -0.137. The van der Waals surface area contributed by atoms with Gasteiger partial charge in [0.05, 0.1) is 5.56 Å². The second kappa shape index (κ2) is 9.30. The first-order valence-electron chi connectivity index (χ1n) is 9.80. The van der Waals surface area contributed by atoms with E-state index >= 15 is 0 Å². The maximum atomic E-state index is 12.9. The number of aliphatic hydroxyl groups excluding tert-OH is 1. The van der Waals surface area contributed by atoms with Crippen LogP contribution in [0.2, 0.25) is 0 Å². The molecule has 5 nitrogen and oxygen atoms in total. The van der Waals surface area contributed by atoms with E-state index in [1.54, 1.807) is 18.2 Å². The molecule has 1 aromatic carbocycles. The van der Waals surface area contributed by atoms with Crippen LogP contribution in [0.4, 0.5) is 13.2 Å². The lowest BCUT2D eigenvalue weighted by atomic mass is 9.97. The Morgan fingerprint density at radius 1 is 1.10 bits per heavy atom. The minimum atomic E-state index is -4.44. The highest BCUT2D eigenvalue weighted by atomic mass is 19.4. The summed E-state index contributed by atoms with van der Waals surface area (Å²) in [5, 5.41) is 11.7. The lowest BCUT2D eigenvalue weighted by Crippen LogP contribution is -2.23. The Kier molecular flexibility index (Phi) is 6.77. The summed E-state index contributed by atoms with van der Waals surface area (Å²) in [6.07, 6.45) is 0.0763. The van der Waals surface area contributed by atoms with Gasteiger partial charge in [-0.15, -0.1) is 0 Å². The predicted molar refractivity (Wildman–Crippen MR) is 107 cm³/mol. The van der Waals surface area contributed by atoms with Crippen molar-refractivity contribution in [2.24, 2.45) is 0 Å². The van der Waals surface area contributed by atoms with Crippen molar-refractivity contribution < 1.29 is 23.1 Å². The highest BCUT2D eigenvalue weighted by molar-refractivity contribution is 5.82. The van der Waals surface area contributed by atoms with Crippen LogP contribution in [0.5, 0.6) is 0 Å². The fourth-order valence-electron chi connectivity index (χ4n) is 3.43. The van der Waals surface area contributed by atoms with Gasteiger partial charge in [0.1, 0.15) is 0 Å². The van der Waals surface area contributed by atoms with Crippen molar-refractivity contribution in [3.8, 4) is 0 Å². The molecule has 2 heterocycles. The third kappa shape index (κ3) is 5.38. The van der Waals surface area contributed by atoms with Crippen molar-refractivity contribution in [3.05, 3.63) is 75.2 Å². The van der Waals surface area contributed by atoms with Crippen molar-refractivity contribution in [2.45, 2.75) is 44.3 Å². The summed E-state index contributed by atoms with van der Waals surface area (Å²) in [7, 11) is 0. The lowest BCUT2D eigenvalue weighted by Gasteiger charge is -2.14. The summed E-state index contributed by atoms with van der Waals surface area (Å²) < 4.78 is 38.7. The number of hydrogen-bond donors (Lipinski definition) is 3. The summed E-state index contributed by atoms with van der Waals surface area (Å²) in [4.78, 5) is 26.8. The number of carbonyl (C=O) groups is 1. The van der Waals surface area contributed by atoms with Gasteiger partial charge in [0.25, 0.3) is 5.56 Å². The molecule has 1 fully saturated rings. The number of aliphatic hydroxyl groups is 1. The Bertz CT molecular complexity index is 978. The number of aryl methyl sites for hydroxylation is 1. The van der Waals surface area contributed by atoms with E-state index in [1.165, 1.54) is 12.1 Å². The van der Waals surface area contributed by atoms with E-state index in [0.717, 1.165) is 12.1 Å². The minimum Gasteiger partial charge on any atom is -0.396 e. The fraction of sp³-hybridized carbons (Fsp3) is 0.364. The number of benzene rings is 1. The fourth-order valence-corrected chi connectivity index (χ4v) is 3.43. The summed E-state index contributed by atoms with van der Waals surface area (Å²) in [5.74, 6) is -0.0873. The largest absolute Gasteiger partial charge is 0.416 e. The highest BCUT2D eigenvalue weighted by Gasteiger charge is 2.30. The molecule has 0 bridgehead atoms. The summed E-state index contributed by atoms with van der Waals surface area (Å²) >= 11 is 0. The zero-order valence-corrected chi connectivity index (χ0v) is 16.3. The van der Waals surface area contributed by atoms with Crippen LogP contribution in [-0.2, 0) is 17.4 Å². The number of alkyl halides is 3. The molecule has 2 aromatic rings. The first kappa shape index (κ1) is 21.8. The summed E-state index contributed by atoms with van der Waals surface area (Å²) in [6.45, 7) is 0.0594. The number of aromatic nitrogens is 1. The van der Waals surface area contributed by atoms with E-state index in [2.05, 4.69) is 10.3 Å². The summed E-state index contributed by atoms with van der Waals surface area (Å²) in [5.41, 5.74) is 1.06. The highest BCUT2D eigenvalue weighted by Crippen LogP contribution is 2.31. The molecule has 1 aromatic heterocycles. The maximum absolute atomic E-state index is 12.9. The number of pyridine rings is 1. The SMILES string of the molecule is O=C1CC[C@H](/C=C(\c2ccc(C(F)(F)F)cc2)c2ccc(CCCCO)c(=O)[nH]2)N1. The minimum absolute atomic E-state index is 0.0594. The Hall–Kier alpha value is -2.87. The van der Waals surface area contributed by atoms with Gasteiger partial charge in [-0.25, -0.2) is 0 Å². The number of carbonyl (C=O) groups excluding carboxylic acids is 1. The van der Waals surface area contributed by atoms with Crippen LogP contribution in [0.25, 0.3) is 5.57 Å². The van der Waals surface area contributed by atoms with Gasteiger partial charge < -0.3 is 15.4 Å². The van der Waals surface area contributed by atoms with Crippen molar-refractivity contribution in [1.82, 2.24) is 10.3 Å². The number of aromatic amines is 1. The number of nitrogens with one attached hydrogen (secondary N) is 2. The Morgan fingerprint density at radius 3 is 2.40 bits per heavy atom. The van der Waals surface area contributed by atoms with Gasteiger partial charge in [0.2, 0.25) is 5.91 Å². The van der Waals surface area contributed by atoms with E-state index in [1.807, 2.05) is 0 Å². The van der Waals surface area contributed by atoms with E-state index in [-0.39, 0.29) is 24.1 Å². The first-order chi connectivity index (χ1) is 14.3. The van der Waals surface area contributed by atoms with Gasteiger partial charge in [0.15, 0.2) is 0 Å². The van der Waals surface area contributed by atoms with Crippen LogP contribution in [-0.4, -0.2) is 28.6 Å². The molecule has 1 aliphatic heterocycles. The van der Waals surface area contributed by atoms with Crippen LogP contribution in [0.1, 0.15) is 48.1 Å². The Morgan fingerprint density at radius 2 is 1.83 bits per heavy atom. The van der Waals surface area contributed by atoms with E-state index in [9.17, 15) is 22.8 Å². The molecule has 0 spiro atoms. The Labute approximate surface area is 171 Å². The molecular formula is C22H23F3N2O3. The van der Waals surface area contributed by atoms with Gasteiger partial charge in [-0.2, -0.15) is 13.2 Å². The molecule has 1 aliphatic rings. The van der Waals surface area contributed by atoms with Gasteiger partial charge in [-0.05, 0) is 49.4 Å². The quantitative estimate of drug-likeness (QED) is 0.601. The van der Waals surface area contributed by atoms with Crippen molar-refractivity contribution >= 4 is 11.5 Å². The monoisotopic (exact) mass is 420 g/mol. The average molecular weight is 420 g/mol. The van der Waals surface area contributed by atoms with Gasteiger partial charge in [-0.1, -0.05) is 24.3 Å². The number of H-pyrrole nitrogens is 1. The van der Waals surface area contributed by atoms with Crippen LogP contribution in [0.3, 0.4) is 0 Å². The van der Waals surface area contributed by atoms with Crippen LogP contribution >= 0.6 is 0 Å². The van der Waals surface area contributed by atoms with Crippen molar-refractivity contribution in [2.75, 3.05) is 6.61 Å². The second-order valence-corrected chi connectivity index (χ2v) is 7.28. The molecule has 3 N–H and O–H groups in total. The molecule has 0 saturated carbocycles. The molecule has 0 radical (unpaired) electrons. The maximum Gasteiger partial charge on any atom is 0.416 e. The topological polar surface area (TPSA) is 82.2 Å². The number of hydrogen-bond acceptors (Lipinski definition) is 3. The van der Waals surface area contributed by atoms with E-state index < -0.39 is 11.7 Å². The van der Waals surface area contributed by atoms with Crippen LogP contribution in [0, 0.1) is 0 Å². The second-order valence-electron chi connectivity index (χ2n) is 7.28. The predicted octanol–water partition coefficient (Wildman–Crippen LogP) is 3.42. The van der Waals surface area contributed by atoms with Gasteiger partial charge >= 0.3 is 6.18 Å². The molecule has 0 aliphatic carbocycles. The zero-order chi connectivity index (χ0) is 21.7. The molecule has 1 saturated heterocycles. The number of rotatable bonds is 7. The number of unbranched alkanes of at least 4 members (excludes halogenated alkanes) is 1. The molecule has 1 amide bonds. The van der Waals surface area contributed by atoms with E-state index in [0.29, 0.717) is 54.5 Å². The molecule has 8 heteroatoms. The molecule has 1 atom stereocenters. The van der Waals surface area contributed by atoms with Gasteiger partial charge in [0, 0.05) is 35.9 Å². The molecule has 3 rings (SSSR count). The molecule has 0 unspecified atom stereocenters. The third-order valence-electron chi connectivity index (χ3n) is 5.06. The number of amides is 1. The smallest absolute Gasteiger partial charge is 0.396 e. The molecule has 30 heavy (non-hydrogen) atoms. The normalized spacial score (nSPS) is 17.3. The average Bonchev–Trinajstić information content (AvgIpc) is 3.12. The van der Waals surface area contributed by atoms with Crippen molar-refractivity contribution in [3.63, 3.8) is 0 Å². The van der Waals surface area contributed by atoms with Gasteiger partial charge in [-0.3, -0.25) is 9.59 Å². The standard InChI is InChI=1S/C22H23F3N2O3/c23-22(24,25)16-7-4-14(5-8-16)18(13-17-9-11-20(29)26-17)19-10-6-15(21(30)27-19)3-1-2-12-28/h4-8,10,13,17,28H,1-3,9,11-12H2,(H,26,29)(H,27,30)/b18-13+/t17-/m1/s1. The first-order valence-corrected chi connectivity index (χ1v) is 9.80. The van der Waals surface area contributed by atoms with E-state index in [4.69, 9.17) is 5.11 Å². The number of halogens is 3. The Balaban J connectivity index is 1.96. The van der Waals surface area contributed by atoms with Crippen LogP contribution in [0.15, 0.2) is 47.3 Å². The third-order valence-corrected chi connectivity index (χ3v) is 5.06. The molecular weight excluding hydrogens is 397 g/mol. The summed E-state index contributed by atoms with van der Waals surface area (Å²) in [6, 6.07) is 7.86. The zero-order valence-electron chi connectivity index (χ0n) is 16.3.